The lowest BCUT2D eigenvalue weighted by Gasteiger charge is -2.32. The zero-order valence-electron chi connectivity index (χ0n) is 13.3. The van der Waals surface area contributed by atoms with Crippen LogP contribution in [0.5, 0.6) is 0 Å². The Bertz CT molecular complexity index is 645. The first-order valence-corrected chi connectivity index (χ1v) is 7.82. The highest BCUT2D eigenvalue weighted by atomic mass is 16.5. The molecule has 0 spiro atoms. The monoisotopic (exact) mass is 302 g/mol. The SMILES string of the molecule is Cc1noc(C(C)C)c1C(=O)N1CCC[C@@H](c2ccn[nH]2)C1. The molecule has 1 aliphatic heterocycles. The van der Waals surface area contributed by atoms with E-state index < -0.39 is 0 Å². The molecule has 6 nitrogen and oxygen atoms in total. The van der Waals surface area contributed by atoms with Crippen molar-refractivity contribution in [3.8, 4) is 0 Å². The van der Waals surface area contributed by atoms with Gasteiger partial charge in [-0.25, -0.2) is 0 Å². The van der Waals surface area contributed by atoms with E-state index in [2.05, 4.69) is 15.4 Å². The van der Waals surface area contributed by atoms with Crippen LogP contribution in [-0.2, 0) is 0 Å². The van der Waals surface area contributed by atoms with Crippen LogP contribution in [0.3, 0.4) is 0 Å². The Kier molecular flexibility index (Phi) is 4.00. The molecule has 1 saturated heterocycles. The van der Waals surface area contributed by atoms with Gasteiger partial charge < -0.3 is 9.42 Å². The number of nitrogens with zero attached hydrogens (tertiary/aromatic N) is 3. The van der Waals surface area contributed by atoms with E-state index in [1.807, 2.05) is 31.7 Å². The number of aryl methyl sites for hydroxylation is 1. The van der Waals surface area contributed by atoms with Crippen LogP contribution in [0.25, 0.3) is 0 Å². The lowest BCUT2D eigenvalue weighted by Crippen LogP contribution is -2.39. The molecule has 0 aliphatic carbocycles. The van der Waals surface area contributed by atoms with Gasteiger partial charge in [0.1, 0.15) is 5.56 Å². The first-order chi connectivity index (χ1) is 10.6. The molecule has 1 N–H and O–H groups in total. The Morgan fingerprint density at radius 3 is 3.00 bits per heavy atom. The third-order valence-corrected chi connectivity index (χ3v) is 4.30. The molecule has 0 bridgehead atoms. The van der Waals surface area contributed by atoms with E-state index in [1.165, 1.54) is 0 Å². The summed E-state index contributed by atoms with van der Waals surface area (Å²) in [5.74, 6) is 1.19. The highest BCUT2D eigenvalue weighted by molar-refractivity contribution is 5.96. The maximum atomic E-state index is 12.9. The Morgan fingerprint density at radius 1 is 1.50 bits per heavy atom. The van der Waals surface area contributed by atoms with Gasteiger partial charge in [-0.05, 0) is 25.8 Å². The van der Waals surface area contributed by atoms with Crippen LogP contribution in [-0.4, -0.2) is 39.3 Å². The van der Waals surface area contributed by atoms with Crippen LogP contribution in [0.2, 0.25) is 0 Å². The predicted molar refractivity (Wildman–Crippen MR) is 81.8 cm³/mol. The Morgan fingerprint density at radius 2 is 2.32 bits per heavy atom. The van der Waals surface area contributed by atoms with Crippen LogP contribution in [0, 0.1) is 6.92 Å². The Labute approximate surface area is 129 Å². The second kappa shape index (κ2) is 5.94. The lowest BCUT2D eigenvalue weighted by molar-refractivity contribution is 0.0702. The van der Waals surface area contributed by atoms with Crippen molar-refractivity contribution in [2.45, 2.75) is 45.4 Å². The van der Waals surface area contributed by atoms with E-state index in [0.717, 1.165) is 25.1 Å². The molecule has 1 aliphatic rings. The largest absolute Gasteiger partial charge is 0.360 e. The fourth-order valence-electron chi connectivity index (χ4n) is 3.11. The second-order valence-electron chi connectivity index (χ2n) is 6.26. The zero-order valence-corrected chi connectivity index (χ0v) is 13.3. The number of H-pyrrole nitrogens is 1. The number of hydrogen-bond donors (Lipinski definition) is 1. The van der Waals surface area contributed by atoms with Crippen molar-refractivity contribution in [2.75, 3.05) is 13.1 Å². The Hall–Kier alpha value is -2.11. The summed E-state index contributed by atoms with van der Waals surface area (Å²) in [6.07, 6.45) is 3.83. The van der Waals surface area contributed by atoms with E-state index in [4.69, 9.17) is 4.52 Å². The smallest absolute Gasteiger partial charge is 0.259 e. The van der Waals surface area contributed by atoms with Crippen LogP contribution < -0.4 is 0 Å². The van der Waals surface area contributed by atoms with Gasteiger partial charge in [-0.15, -0.1) is 0 Å². The molecule has 1 atom stereocenters. The quantitative estimate of drug-likeness (QED) is 0.946. The average Bonchev–Trinajstić information content (AvgIpc) is 3.16. The van der Waals surface area contributed by atoms with Crippen LogP contribution in [0.4, 0.5) is 0 Å². The van der Waals surface area contributed by atoms with Crippen LogP contribution in [0.15, 0.2) is 16.8 Å². The van der Waals surface area contributed by atoms with Gasteiger partial charge in [0, 0.05) is 36.8 Å². The summed E-state index contributed by atoms with van der Waals surface area (Å²) in [6.45, 7) is 7.36. The summed E-state index contributed by atoms with van der Waals surface area (Å²) in [6, 6.07) is 1.99. The predicted octanol–water partition coefficient (Wildman–Crippen LogP) is 2.85. The highest BCUT2D eigenvalue weighted by Gasteiger charge is 2.31. The van der Waals surface area contributed by atoms with Crippen molar-refractivity contribution < 1.29 is 9.32 Å². The molecule has 0 saturated carbocycles. The number of carbonyl (C=O) groups is 1. The van der Waals surface area contributed by atoms with Crippen LogP contribution in [0.1, 0.15) is 66.0 Å². The standard InChI is InChI=1S/C16H22N4O2/c1-10(2)15-14(11(3)19-22-15)16(21)20-8-4-5-12(9-20)13-6-7-17-18-13/h6-7,10,12H,4-5,8-9H2,1-3H3,(H,17,18)/t12-/m1/s1. The maximum absolute atomic E-state index is 12.9. The topological polar surface area (TPSA) is 75.0 Å². The maximum Gasteiger partial charge on any atom is 0.259 e. The second-order valence-corrected chi connectivity index (χ2v) is 6.26. The Balaban J connectivity index is 1.82. The summed E-state index contributed by atoms with van der Waals surface area (Å²) in [5, 5.41) is 11.0. The molecule has 1 fully saturated rings. The molecule has 3 heterocycles. The summed E-state index contributed by atoms with van der Waals surface area (Å²) in [5.41, 5.74) is 2.42. The number of nitrogens with one attached hydrogen (secondary N) is 1. The zero-order chi connectivity index (χ0) is 15.7. The van der Waals surface area contributed by atoms with Gasteiger partial charge >= 0.3 is 0 Å². The molecule has 3 rings (SSSR count). The summed E-state index contributed by atoms with van der Waals surface area (Å²) >= 11 is 0. The molecule has 0 aromatic carbocycles. The number of rotatable bonds is 3. The first kappa shape index (κ1) is 14.8. The summed E-state index contributed by atoms with van der Waals surface area (Å²) in [4.78, 5) is 14.8. The number of carbonyl (C=O) groups excluding carboxylic acids is 1. The number of aromatic amines is 1. The first-order valence-electron chi connectivity index (χ1n) is 7.82. The van der Waals surface area contributed by atoms with E-state index in [1.54, 1.807) is 6.20 Å². The number of amides is 1. The molecular weight excluding hydrogens is 280 g/mol. The van der Waals surface area contributed by atoms with E-state index in [-0.39, 0.29) is 11.8 Å². The van der Waals surface area contributed by atoms with E-state index in [0.29, 0.717) is 29.5 Å². The normalized spacial score (nSPS) is 18.9. The minimum Gasteiger partial charge on any atom is -0.360 e. The van der Waals surface area contributed by atoms with Gasteiger partial charge in [-0.2, -0.15) is 5.10 Å². The molecule has 1 amide bonds. The van der Waals surface area contributed by atoms with Gasteiger partial charge in [0.2, 0.25) is 0 Å². The highest BCUT2D eigenvalue weighted by Crippen LogP contribution is 2.29. The molecule has 6 heteroatoms. The molecule has 0 radical (unpaired) electrons. The average molecular weight is 302 g/mol. The van der Waals surface area contributed by atoms with Crippen molar-refractivity contribution in [1.82, 2.24) is 20.3 Å². The summed E-state index contributed by atoms with van der Waals surface area (Å²) in [7, 11) is 0. The van der Waals surface area contributed by atoms with Gasteiger partial charge in [-0.3, -0.25) is 9.89 Å². The van der Waals surface area contributed by atoms with Gasteiger partial charge in [-0.1, -0.05) is 19.0 Å². The molecule has 0 unspecified atom stereocenters. The van der Waals surface area contributed by atoms with Crippen molar-refractivity contribution in [1.29, 1.82) is 0 Å². The minimum atomic E-state index is 0.0339. The third kappa shape index (κ3) is 2.65. The van der Waals surface area contributed by atoms with Gasteiger partial charge in [0.15, 0.2) is 5.76 Å². The van der Waals surface area contributed by atoms with Crippen molar-refractivity contribution >= 4 is 5.91 Å². The number of hydrogen-bond acceptors (Lipinski definition) is 4. The minimum absolute atomic E-state index is 0.0339. The number of likely N-dealkylation sites (tertiary alicyclic amines) is 1. The lowest BCUT2D eigenvalue weighted by atomic mass is 9.94. The molecular formula is C16H22N4O2. The fraction of sp³-hybridized carbons (Fsp3) is 0.562. The van der Waals surface area contributed by atoms with E-state index >= 15 is 0 Å². The molecule has 118 valence electrons. The van der Waals surface area contributed by atoms with Crippen LogP contribution >= 0.6 is 0 Å². The van der Waals surface area contributed by atoms with Gasteiger partial charge in [0.05, 0.1) is 5.69 Å². The summed E-state index contributed by atoms with van der Waals surface area (Å²) < 4.78 is 5.35. The van der Waals surface area contributed by atoms with E-state index in [9.17, 15) is 4.79 Å². The fourth-order valence-corrected chi connectivity index (χ4v) is 3.11. The third-order valence-electron chi connectivity index (χ3n) is 4.30. The van der Waals surface area contributed by atoms with Crippen molar-refractivity contribution in [3.05, 3.63) is 35.0 Å². The van der Waals surface area contributed by atoms with Gasteiger partial charge in [0.25, 0.3) is 5.91 Å². The molecule has 22 heavy (non-hydrogen) atoms. The molecule has 2 aromatic heterocycles. The number of piperidine rings is 1. The van der Waals surface area contributed by atoms with Crippen molar-refractivity contribution in [2.24, 2.45) is 0 Å². The van der Waals surface area contributed by atoms with Crippen molar-refractivity contribution in [3.63, 3.8) is 0 Å². The number of aromatic nitrogens is 3. The molecule has 2 aromatic rings.